The lowest BCUT2D eigenvalue weighted by Crippen LogP contribution is -2.39. The Kier molecular flexibility index (Phi) is 10.5. The number of nitrogens with zero attached hydrogens (tertiary/aromatic N) is 3. The van der Waals surface area contributed by atoms with Gasteiger partial charge in [-0.3, -0.25) is 9.59 Å². The maximum atomic E-state index is 12.6. The van der Waals surface area contributed by atoms with E-state index in [1.54, 1.807) is 12.1 Å². The second kappa shape index (κ2) is 14.4. The summed E-state index contributed by atoms with van der Waals surface area (Å²) in [5, 5.41) is 21.4. The number of thiazole rings is 1. The molecule has 1 aliphatic rings. The molecule has 2 aromatic carbocycles. The lowest BCUT2D eigenvalue weighted by atomic mass is 10.0. The number of amides is 1. The van der Waals surface area contributed by atoms with Gasteiger partial charge in [-0.25, -0.2) is 4.98 Å². The number of nitrogens with one attached hydrogen (secondary N) is 2. The molecule has 1 aliphatic carbocycles. The first kappa shape index (κ1) is 33.0. The fraction of sp³-hybridized carbons (Fsp3) is 0.438. The number of carbonyl (C=O) groups is 2. The van der Waals surface area contributed by atoms with Crippen LogP contribution >= 0.6 is 34.5 Å². The molecule has 3 N–H and O–H groups in total. The number of hydrogen-bond donors (Lipinski definition) is 3. The van der Waals surface area contributed by atoms with E-state index in [4.69, 9.17) is 42.6 Å². The van der Waals surface area contributed by atoms with Crippen LogP contribution in [0.15, 0.2) is 34.9 Å². The van der Waals surface area contributed by atoms with Crippen molar-refractivity contribution in [3.63, 3.8) is 0 Å². The van der Waals surface area contributed by atoms with E-state index in [0.29, 0.717) is 50.6 Å². The molecule has 0 radical (unpaired) electrons. The van der Waals surface area contributed by atoms with Crippen LogP contribution in [0.25, 0.3) is 21.5 Å². The molecule has 4 aromatic rings. The standard InChI is InChI=1S/C32H37Cl2N5O5S/c1-5-20(35-15-21-28(38-44-30(21)18-10-11-18)27-22(33)8-7-9-23(27)34)12-17(3)39(6-2)32-37-29-24(43-4)13-19(14-25(29)45-32)31(42)36-16-26(40)41/h7-9,13-14,17-18,20,35H,5-6,10-12,15-16H2,1-4H3,(H,36,42)(H,40,41). The summed E-state index contributed by atoms with van der Waals surface area (Å²) in [6, 6.07) is 9.09. The molecule has 240 valence electrons. The van der Waals surface area contributed by atoms with Gasteiger partial charge in [0.15, 0.2) is 5.13 Å². The van der Waals surface area contributed by atoms with E-state index < -0.39 is 18.4 Å². The predicted molar refractivity (Wildman–Crippen MR) is 178 cm³/mol. The van der Waals surface area contributed by atoms with Crippen LogP contribution in [0.3, 0.4) is 0 Å². The summed E-state index contributed by atoms with van der Waals surface area (Å²) in [5.74, 6) is 0.147. The van der Waals surface area contributed by atoms with Crippen LogP contribution in [-0.4, -0.2) is 59.4 Å². The Labute approximate surface area is 276 Å². The molecule has 2 atom stereocenters. The molecule has 0 bridgehead atoms. The van der Waals surface area contributed by atoms with E-state index in [-0.39, 0.29) is 12.1 Å². The number of ether oxygens (including phenoxy) is 1. The zero-order valence-electron chi connectivity index (χ0n) is 25.7. The Morgan fingerprint density at radius 3 is 2.58 bits per heavy atom. The van der Waals surface area contributed by atoms with Gasteiger partial charge in [-0.05, 0) is 63.8 Å². The number of carbonyl (C=O) groups excluding carboxylic acids is 1. The Bertz CT molecular complexity index is 1670. The first-order valence-electron chi connectivity index (χ1n) is 15.1. The number of methoxy groups -OCH3 is 1. The number of fused-ring (bicyclic) bond motifs is 1. The van der Waals surface area contributed by atoms with Crippen molar-refractivity contribution in [2.45, 2.75) is 71.0 Å². The molecule has 5 rings (SSSR count). The normalized spacial score (nSPS) is 14.4. The van der Waals surface area contributed by atoms with Gasteiger partial charge in [0.2, 0.25) is 0 Å². The number of anilines is 1. The minimum atomic E-state index is -1.11. The van der Waals surface area contributed by atoms with Crippen LogP contribution < -0.4 is 20.3 Å². The van der Waals surface area contributed by atoms with E-state index in [2.05, 4.69) is 41.5 Å². The molecule has 2 unspecified atom stereocenters. The Morgan fingerprint density at radius 2 is 1.96 bits per heavy atom. The Hall–Kier alpha value is -3.38. The number of aromatic nitrogens is 2. The highest BCUT2D eigenvalue weighted by Gasteiger charge is 2.33. The van der Waals surface area contributed by atoms with Crippen molar-refractivity contribution < 1.29 is 24.0 Å². The Balaban J connectivity index is 1.33. The van der Waals surface area contributed by atoms with Gasteiger partial charge in [0.1, 0.15) is 29.3 Å². The van der Waals surface area contributed by atoms with Gasteiger partial charge in [-0.15, -0.1) is 0 Å². The van der Waals surface area contributed by atoms with Gasteiger partial charge in [0.25, 0.3) is 5.91 Å². The van der Waals surface area contributed by atoms with E-state index in [1.807, 2.05) is 18.2 Å². The summed E-state index contributed by atoms with van der Waals surface area (Å²) < 4.78 is 12.2. The molecule has 10 nitrogen and oxygen atoms in total. The first-order valence-corrected chi connectivity index (χ1v) is 16.6. The monoisotopic (exact) mass is 673 g/mol. The molecular weight excluding hydrogens is 637 g/mol. The highest BCUT2D eigenvalue weighted by Crippen LogP contribution is 2.46. The largest absolute Gasteiger partial charge is 0.494 e. The number of hydrogen-bond acceptors (Lipinski definition) is 9. The third kappa shape index (κ3) is 7.38. The SMILES string of the molecule is CCC(CC(C)N(CC)c1nc2c(OC)cc(C(=O)NCC(=O)O)cc2s1)NCc1c(-c2c(Cl)cccc2Cl)noc1C1CC1. The third-order valence-corrected chi connectivity index (χ3v) is 9.77. The van der Waals surface area contributed by atoms with E-state index in [1.165, 1.54) is 18.4 Å². The lowest BCUT2D eigenvalue weighted by molar-refractivity contribution is -0.135. The molecule has 1 fully saturated rings. The average molecular weight is 675 g/mol. The van der Waals surface area contributed by atoms with Gasteiger partial charge in [-0.1, -0.05) is 52.7 Å². The molecule has 45 heavy (non-hydrogen) atoms. The van der Waals surface area contributed by atoms with Crippen molar-refractivity contribution in [3.8, 4) is 17.0 Å². The molecule has 0 saturated heterocycles. The molecule has 2 aromatic heterocycles. The van der Waals surface area contributed by atoms with Crippen molar-refractivity contribution in [3.05, 3.63) is 57.3 Å². The van der Waals surface area contributed by atoms with Crippen LogP contribution in [-0.2, 0) is 11.3 Å². The summed E-state index contributed by atoms with van der Waals surface area (Å²) in [4.78, 5) is 30.6. The summed E-state index contributed by atoms with van der Waals surface area (Å²) in [7, 11) is 1.53. The van der Waals surface area contributed by atoms with Crippen molar-refractivity contribution in [2.75, 3.05) is 25.1 Å². The van der Waals surface area contributed by atoms with E-state index in [0.717, 1.165) is 53.4 Å². The zero-order valence-corrected chi connectivity index (χ0v) is 28.0. The highest BCUT2D eigenvalue weighted by atomic mass is 35.5. The third-order valence-electron chi connectivity index (χ3n) is 8.10. The minimum absolute atomic E-state index is 0.139. The smallest absolute Gasteiger partial charge is 0.322 e. The van der Waals surface area contributed by atoms with Crippen molar-refractivity contribution in [1.82, 2.24) is 20.8 Å². The van der Waals surface area contributed by atoms with Crippen LogP contribution in [0.1, 0.15) is 74.1 Å². The van der Waals surface area contributed by atoms with Gasteiger partial charge in [-0.2, -0.15) is 0 Å². The highest BCUT2D eigenvalue weighted by molar-refractivity contribution is 7.22. The average Bonchev–Trinajstić information content (AvgIpc) is 3.64. The van der Waals surface area contributed by atoms with E-state index >= 15 is 0 Å². The fourth-order valence-electron chi connectivity index (χ4n) is 5.55. The van der Waals surface area contributed by atoms with Crippen LogP contribution in [0, 0.1) is 0 Å². The van der Waals surface area contributed by atoms with Crippen LogP contribution in [0.2, 0.25) is 10.0 Å². The minimum Gasteiger partial charge on any atom is -0.494 e. The molecular formula is C32H37Cl2N5O5S. The summed E-state index contributed by atoms with van der Waals surface area (Å²) >= 11 is 14.6. The molecule has 2 heterocycles. The number of aliphatic carboxylic acids is 1. The first-order chi connectivity index (χ1) is 21.6. The van der Waals surface area contributed by atoms with Crippen molar-refractivity contribution >= 4 is 61.8 Å². The molecule has 13 heteroatoms. The zero-order chi connectivity index (χ0) is 32.2. The maximum absolute atomic E-state index is 12.6. The number of benzene rings is 2. The fourth-order valence-corrected chi connectivity index (χ4v) is 7.31. The van der Waals surface area contributed by atoms with Crippen LogP contribution in [0.4, 0.5) is 5.13 Å². The van der Waals surface area contributed by atoms with Crippen molar-refractivity contribution in [2.24, 2.45) is 0 Å². The number of carboxylic acids is 1. The quantitative estimate of drug-likeness (QED) is 0.121. The number of carboxylic acid groups (broad SMARTS) is 1. The predicted octanol–water partition coefficient (Wildman–Crippen LogP) is 7.13. The number of rotatable bonds is 15. The lowest BCUT2D eigenvalue weighted by Gasteiger charge is -2.31. The second-order valence-electron chi connectivity index (χ2n) is 11.2. The van der Waals surface area contributed by atoms with Crippen molar-refractivity contribution in [1.29, 1.82) is 0 Å². The van der Waals surface area contributed by atoms with Gasteiger partial charge >= 0.3 is 5.97 Å². The Morgan fingerprint density at radius 1 is 1.22 bits per heavy atom. The summed E-state index contributed by atoms with van der Waals surface area (Å²) in [6.07, 6.45) is 3.93. The van der Waals surface area contributed by atoms with E-state index in [9.17, 15) is 9.59 Å². The molecule has 1 amide bonds. The molecule has 1 saturated carbocycles. The van der Waals surface area contributed by atoms with Gasteiger partial charge in [0, 0.05) is 47.8 Å². The van der Waals surface area contributed by atoms with Gasteiger partial charge < -0.3 is 29.9 Å². The van der Waals surface area contributed by atoms with Gasteiger partial charge in [0.05, 0.1) is 21.9 Å². The topological polar surface area (TPSA) is 130 Å². The summed E-state index contributed by atoms with van der Waals surface area (Å²) in [6.45, 7) is 7.30. The summed E-state index contributed by atoms with van der Waals surface area (Å²) in [5.41, 5.74) is 3.37. The number of halogens is 2. The molecule has 0 aliphatic heterocycles. The maximum Gasteiger partial charge on any atom is 0.322 e. The molecule has 0 spiro atoms. The van der Waals surface area contributed by atoms with Crippen LogP contribution in [0.5, 0.6) is 5.75 Å². The second-order valence-corrected chi connectivity index (χ2v) is 13.0.